The summed E-state index contributed by atoms with van der Waals surface area (Å²) in [5.74, 6) is -18.8. The van der Waals surface area contributed by atoms with Crippen molar-refractivity contribution >= 4 is 71.1 Å². The van der Waals surface area contributed by atoms with E-state index in [4.69, 9.17) is 15.2 Å². The van der Waals surface area contributed by atoms with Gasteiger partial charge in [-0.2, -0.15) is 26.3 Å². The number of likely N-dealkylation sites (tertiary alicyclic amines) is 4. The number of rotatable bonds is 27. The van der Waals surface area contributed by atoms with Crippen molar-refractivity contribution in [3.05, 3.63) is 93.6 Å². The van der Waals surface area contributed by atoms with Gasteiger partial charge in [0.25, 0.3) is 0 Å². The lowest BCUT2D eigenvalue weighted by Gasteiger charge is -2.34. The summed E-state index contributed by atoms with van der Waals surface area (Å²) in [6.45, 7) is 24.9. The maximum atomic E-state index is 14.9. The van der Waals surface area contributed by atoms with Gasteiger partial charge in [-0.1, -0.05) is 55.4 Å². The Morgan fingerprint density at radius 2 is 0.724 bits per heavy atom. The second-order valence-electron chi connectivity index (χ2n) is 36.3. The highest BCUT2D eigenvalue weighted by atomic mass is 19.4. The molecule has 4 fully saturated rings. The van der Waals surface area contributed by atoms with E-state index in [0.717, 1.165) is 9.13 Å². The van der Waals surface area contributed by atoms with Crippen LogP contribution in [0, 0.1) is 70.4 Å². The molecule has 0 saturated carbocycles. The average Bonchev–Trinajstić information content (AvgIpc) is 1.66. The molecule has 0 aliphatic carbocycles. The number of nitrogens with two attached hydrogens (primary N) is 1. The second kappa shape index (κ2) is 42.6. The van der Waals surface area contributed by atoms with Crippen LogP contribution in [-0.2, 0) is 109 Å². The number of hydrogen-bond donors (Lipinski definition) is 7. The van der Waals surface area contributed by atoms with Crippen LogP contribution in [0.2, 0.25) is 0 Å². The van der Waals surface area contributed by atoms with Crippen LogP contribution < -0.4 is 32.3 Å². The summed E-state index contributed by atoms with van der Waals surface area (Å²) < 4.78 is 177. The van der Waals surface area contributed by atoms with Crippen LogP contribution in [0.3, 0.4) is 0 Å². The van der Waals surface area contributed by atoms with Crippen LogP contribution in [0.4, 0.5) is 62.3 Å². The highest BCUT2D eigenvalue weighted by Gasteiger charge is 2.48. The third kappa shape index (κ3) is 26.8. The molecular formula is C84H114F12N16O15. The molecule has 0 radical (unpaired) electrons. The molecule has 10 rings (SSSR count). The molecule has 0 spiro atoms. The number of ether oxygens (including phenoxy) is 2. The summed E-state index contributed by atoms with van der Waals surface area (Å²) in [6.07, 6.45) is -9.67. The number of Topliss-reactive ketones (excluding diaryl/α,β-unsaturated/α-hetero) is 2. The summed E-state index contributed by atoms with van der Waals surface area (Å²) in [4.78, 5) is 163. The van der Waals surface area contributed by atoms with Crippen LogP contribution >= 0.6 is 0 Å². The van der Waals surface area contributed by atoms with Crippen molar-refractivity contribution < 1.29 is 125 Å². The van der Waals surface area contributed by atoms with Crippen molar-refractivity contribution in [1.29, 1.82) is 0 Å². The fourth-order valence-electron chi connectivity index (χ4n) is 16.2. The van der Waals surface area contributed by atoms with E-state index in [9.17, 15) is 115 Å². The average molecular weight is 1820 g/mol. The van der Waals surface area contributed by atoms with E-state index in [2.05, 4.69) is 47.0 Å². The highest BCUT2D eigenvalue weighted by molar-refractivity contribution is 5.97. The van der Waals surface area contributed by atoms with Gasteiger partial charge in [0, 0.05) is 101 Å². The zero-order valence-corrected chi connectivity index (χ0v) is 73.4. The number of carboxylic acid groups (broad SMARTS) is 1. The number of alkyl halides is 6. The van der Waals surface area contributed by atoms with Gasteiger partial charge >= 0.3 is 30.5 Å². The monoisotopic (exact) mass is 1810 g/mol. The quantitative estimate of drug-likeness (QED) is 0.0216. The number of amides is 9. The highest BCUT2D eigenvalue weighted by Crippen LogP contribution is 2.36. The van der Waals surface area contributed by atoms with Crippen LogP contribution in [-0.4, -0.2) is 223 Å². The summed E-state index contributed by atoms with van der Waals surface area (Å²) in [5, 5.41) is 36.2. The molecule has 43 heteroatoms. The first-order chi connectivity index (χ1) is 59.0. The van der Waals surface area contributed by atoms with Gasteiger partial charge < -0.3 is 75.6 Å². The molecule has 2 aromatic carbocycles. The van der Waals surface area contributed by atoms with Crippen molar-refractivity contribution in [2.24, 2.45) is 41.2 Å². The molecule has 704 valence electrons. The number of ketones is 2. The van der Waals surface area contributed by atoms with Gasteiger partial charge in [0.1, 0.15) is 88.3 Å². The normalized spacial score (nSPS) is 20.4. The number of nitrogens with one attached hydrogen (secondary N) is 5. The van der Waals surface area contributed by atoms with Gasteiger partial charge in [-0.3, -0.25) is 43.2 Å². The maximum absolute atomic E-state index is 14.9. The number of fused-ring (bicyclic) bond motifs is 2. The molecule has 6 aliphatic heterocycles. The molecule has 4 aromatic rings. The Balaban J connectivity index is 0.000000266. The molecule has 2 aromatic heterocycles. The first-order valence-electron chi connectivity index (χ1n) is 42.5. The van der Waals surface area contributed by atoms with Crippen molar-refractivity contribution in [1.82, 2.24) is 75.7 Å². The van der Waals surface area contributed by atoms with Crippen LogP contribution in [0.1, 0.15) is 208 Å². The van der Waals surface area contributed by atoms with Gasteiger partial charge in [0.2, 0.25) is 53.0 Å². The number of alkyl carbamates (subject to hydrolysis) is 2. The summed E-state index contributed by atoms with van der Waals surface area (Å²) in [6, 6.07) is -7.95. The van der Waals surface area contributed by atoms with Crippen LogP contribution in [0.25, 0.3) is 0 Å². The van der Waals surface area contributed by atoms with Gasteiger partial charge in [0.05, 0.1) is 6.04 Å². The molecule has 9 amide bonds. The summed E-state index contributed by atoms with van der Waals surface area (Å²) >= 11 is 0. The first-order valence-corrected chi connectivity index (χ1v) is 42.5. The van der Waals surface area contributed by atoms with E-state index in [1.165, 1.54) is 19.6 Å². The molecular weight excluding hydrogens is 1700 g/mol. The predicted octanol–water partition coefficient (Wildman–Crippen LogP) is 9.18. The minimum absolute atomic E-state index is 0.0132. The lowest BCUT2D eigenvalue weighted by atomic mass is 9.88. The number of aromatic nitrogens is 6. The smallest absolute Gasteiger partial charge is 0.451 e. The lowest BCUT2D eigenvalue weighted by molar-refractivity contribution is -0.149. The Morgan fingerprint density at radius 3 is 1.04 bits per heavy atom. The fourth-order valence-corrected chi connectivity index (χ4v) is 16.2. The summed E-state index contributed by atoms with van der Waals surface area (Å²) in [5.41, 5.74) is 3.89. The van der Waals surface area contributed by atoms with E-state index in [1.807, 2.05) is 0 Å². The Kier molecular flexibility index (Phi) is 34.2. The van der Waals surface area contributed by atoms with Crippen molar-refractivity contribution in [2.75, 3.05) is 26.2 Å². The Hall–Kier alpha value is -10.5. The molecule has 8 heterocycles. The topological polar surface area (TPSA) is 404 Å². The number of nitrogens with zero attached hydrogens (tertiary/aromatic N) is 10. The van der Waals surface area contributed by atoms with E-state index in [0.29, 0.717) is 75.9 Å². The van der Waals surface area contributed by atoms with E-state index in [-0.39, 0.29) is 124 Å². The second-order valence-corrected chi connectivity index (χ2v) is 36.3. The third-order valence-corrected chi connectivity index (χ3v) is 22.8. The molecule has 4 saturated heterocycles. The number of carbonyl (C=O) groups is 12. The van der Waals surface area contributed by atoms with Gasteiger partial charge in [-0.05, 0) is 166 Å². The number of halogens is 12. The number of hydrogen-bond acceptors (Lipinski definition) is 19. The molecule has 12 unspecified atom stereocenters. The molecule has 31 nitrogen and oxygen atoms in total. The minimum Gasteiger partial charge on any atom is -0.480 e. The van der Waals surface area contributed by atoms with Gasteiger partial charge in [-0.15, -0.1) is 20.4 Å². The van der Waals surface area contributed by atoms with Crippen molar-refractivity contribution in [2.45, 2.75) is 297 Å². The molecule has 6 aliphatic rings. The van der Waals surface area contributed by atoms with Crippen molar-refractivity contribution in [3.8, 4) is 0 Å². The molecule has 12 atom stereocenters. The van der Waals surface area contributed by atoms with Gasteiger partial charge in [0.15, 0.2) is 23.3 Å². The maximum Gasteiger partial charge on any atom is 0.451 e. The van der Waals surface area contributed by atoms with Gasteiger partial charge in [-0.25, -0.2) is 40.7 Å². The molecule has 0 bridgehead atoms. The SMILES string of the molecule is CC(C)C(N)C(=O)N1CCCC1C(=O)NC(CC(=O)C1CCn2c(nnc2C(F)(F)F)C1)Cc1cc(F)c(F)cc1F.CC(C)C(NC(=O)OC(C)(C)C)C(=O)N1CCCC1C(=O)NC(C(=O)N1CCCC1C(=O)NC(CC(=O)C1CCn2c(nnc2C(F)(F)F)C1)Cc1cc(F)c(F)cc1F)C(C)C.CC(C)C(NC(=O)OC(C)(C)C)C(=O)N1CCCC1C(=O)O. The first kappa shape index (κ1) is 102. The van der Waals surface area contributed by atoms with E-state index in [1.54, 1.807) is 96.9 Å². The zero-order valence-electron chi connectivity index (χ0n) is 73.4. The standard InChI is InChI=1S/C42H56F6N8O7.C27H32F6N6O3.C15H26N2O5/c1-21(2)33(50-36(59)30-11-9-14-55(30)38(61)34(22(3)4)51-40(62)63-41(5,6)7)37(60)54-13-8-10-29(54)35(58)49-25(16-24-17-27(44)28(45)20-26(24)43)19-31(57)23-12-15-56-32(18-23)52-53-39(56)42(46,47)48;1-13(2)23(34)25(42)38-6-3-4-20(38)24(41)35-16(8-15-9-18(29)19(30)12-17(15)28)11-21(40)14-5-7-39-22(10-14)36-37-26(39)27(31,32)33;1-9(2)11(16-14(21)22-15(3,4)5)12(18)17-8-6-7-10(17)13(19)20/h17,20-23,25,29-30,33-34H,8-16,18-19H2,1-7H3,(H,49,58)(H,50,59)(H,51,62);9,12-14,16,20,23H,3-8,10-11,34H2,1-2H3,(H,35,41);9-11H,6-8H2,1-5H3,(H,16,21)(H,19,20). The number of carbonyl (C=O) groups excluding carboxylic acids is 11. The van der Waals surface area contributed by atoms with E-state index < -0.39 is 226 Å². The molecule has 8 N–H and O–H groups in total. The zero-order chi connectivity index (χ0) is 94.7. The largest absolute Gasteiger partial charge is 0.480 e. The lowest BCUT2D eigenvalue weighted by Crippen LogP contribution is -2.59. The van der Waals surface area contributed by atoms with Crippen molar-refractivity contribution in [3.63, 3.8) is 0 Å². The molecule has 127 heavy (non-hydrogen) atoms. The number of carboxylic acids is 1. The summed E-state index contributed by atoms with van der Waals surface area (Å²) in [7, 11) is 0. The van der Waals surface area contributed by atoms with Crippen LogP contribution in [0.15, 0.2) is 24.3 Å². The third-order valence-electron chi connectivity index (χ3n) is 22.8. The number of benzene rings is 2. The Bertz CT molecular complexity index is 4660. The minimum atomic E-state index is -4.76. The Labute approximate surface area is 726 Å². The van der Waals surface area contributed by atoms with Crippen LogP contribution in [0.5, 0.6) is 0 Å². The Morgan fingerprint density at radius 1 is 0.417 bits per heavy atom. The fraction of sp³-hybridized carbons (Fsp3) is 0.667. The van der Waals surface area contributed by atoms with E-state index >= 15 is 0 Å². The number of aliphatic carboxylic acids is 1. The predicted molar refractivity (Wildman–Crippen MR) is 429 cm³/mol.